The van der Waals surface area contributed by atoms with E-state index in [-0.39, 0.29) is 5.91 Å². The molecule has 0 saturated carbocycles. The predicted molar refractivity (Wildman–Crippen MR) is 94.1 cm³/mol. The van der Waals surface area contributed by atoms with Crippen LogP contribution >= 0.6 is 15.9 Å². The van der Waals surface area contributed by atoms with Crippen LogP contribution in [0.1, 0.15) is 34.6 Å². The van der Waals surface area contributed by atoms with Crippen molar-refractivity contribution in [2.45, 2.75) is 26.7 Å². The third-order valence-electron chi connectivity index (χ3n) is 3.88. The molecule has 3 rings (SSSR count). The number of amides is 1. The Kier molecular flexibility index (Phi) is 4.61. The largest absolute Gasteiger partial charge is 0.337 e. The van der Waals surface area contributed by atoms with Gasteiger partial charge in [-0.2, -0.15) is 0 Å². The third-order valence-corrected chi connectivity index (χ3v) is 4.77. The van der Waals surface area contributed by atoms with Crippen LogP contribution in [0.2, 0.25) is 0 Å². The van der Waals surface area contributed by atoms with Crippen LogP contribution < -0.4 is 5.32 Å². The first-order valence-electron chi connectivity index (χ1n) is 7.71. The van der Waals surface area contributed by atoms with Crippen molar-refractivity contribution < 1.29 is 4.79 Å². The van der Waals surface area contributed by atoms with Crippen molar-refractivity contribution in [1.82, 2.24) is 14.9 Å². The van der Waals surface area contributed by atoms with E-state index in [1.54, 1.807) is 6.07 Å². The lowest BCUT2D eigenvalue weighted by Gasteiger charge is -2.15. The molecule has 5 nitrogen and oxygen atoms in total. The van der Waals surface area contributed by atoms with Crippen molar-refractivity contribution in [3.63, 3.8) is 0 Å². The number of anilines is 2. The standard InChI is InChI=1S/C17H19BrN4O/c1-11-9-13(5-6-14(11)18)20-17-19-12(2)10-15(21-17)16(23)22-7-3-4-8-22/h5-6,9-10H,3-4,7-8H2,1-2H3,(H,19,20,21). The Balaban J connectivity index is 1.84. The summed E-state index contributed by atoms with van der Waals surface area (Å²) >= 11 is 3.49. The van der Waals surface area contributed by atoms with Crippen molar-refractivity contribution in [2.24, 2.45) is 0 Å². The number of hydrogen-bond donors (Lipinski definition) is 1. The topological polar surface area (TPSA) is 58.1 Å². The number of halogens is 1. The Morgan fingerprint density at radius 3 is 2.61 bits per heavy atom. The van der Waals surface area contributed by atoms with E-state index in [0.717, 1.165) is 47.3 Å². The zero-order chi connectivity index (χ0) is 16.4. The van der Waals surface area contributed by atoms with Crippen LogP contribution in [0, 0.1) is 13.8 Å². The van der Waals surface area contributed by atoms with Crippen molar-refractivity contribution in [3.05, 3.63) is 45.7 Å². The lowest BCUT2D eigenvalue weighted by atomic mass is 10.2. The van der Waals surface area contributed by atoms with E-state index in [2.05, 4.69) is 31.2 Å². The molecule has 6 heteroatoms. The molecule has 0 radical (unpaired) electrons. The highest BCUT2D eigenvalue weighted by molar-refractivity contribution is 9.10. The second-order valence-corrected chi connectivity index (χ2v) is 6.66. The molecule has 1 aliphatic rings. The molecule has 1 saturated heterocycles. The van der Waals surface area contributed by atoms with Gasteiger partial charge in [-0.25, -0.2) is 9.97 Å². The average molecular weight is 375 g/mol. The van der Waals surface area contributed by atoms with Gasteiger partial charge in [0.25, 0.3) is 5.91 Å². The number of rotatable bonds is 3. The first-order chi connectivity index (χ1) is 11.0. The minimum atomic E-state index is -0.0111. The van der Waals surface area contributed by atoms with Gasteiger partial charge in [-0.1, -0.05) is 15.9 Å². The summed E-state index contributed by atoms with van der Waals surface area (Å²) in [4.78, 5) is 23.1. The van der Waals surface area contributed by atoms with Crippen LogP contribution in [0.5, 0.6) is 0 Å². The first-order valence-corrected chi connectivity index (χ1v) is 8.50. The summed E-state index contributed by atoms with van der Waals surface area (Å²) in [5.41, 5.74) is 3.25. The van der Waals surface area contributed by atoms with E-state index >= 15 is 0 Å². The molecule has 2 aromatic rings. The number of hydrogen-bond acceptors (Lipinski definition) is 4. The maximum Gasteiger partial charge on any atom is 0.272 e. The molecule has 120 valence electrons. The third kappa shape index (κ3) is 3.69. The highest BCUT2D eigenvalue weighted by Crippen LogP contribution is 2.22. The van der Waals surface area contributed by atoms with E-state index in [0.29, 0.717) is 11.6 Å². The van der Waals surface area contributed by atoms with Gasteiger partial charge in [0.1, 0.15) is 5.69 Å². The zero-order valence-corrected chi connectivity index (χ0v) is 14.9. The van der Waals surface area contributed by atoms with Gasteiger partial charge in [-0.15, -0.1) is 0 Å². The molecule has 1 fully saturated rings. The van der Waals surface area contributed by atoms with E-state index in [4.69, 9.17) is 0 Å². The number of nitrogens with zero attached hydrogens (tertiary/aromatic N) is 3. The number of aromatic nitrogens is 2. The Morgan fingerprint density at radius 1 is 1.17 bits per heavy atom. The van der Waals surface area contributed by atoms with Crippen molar-refractivity contribution in [1.29, 1.82) is 0 Å². The lowest BCUT2D eigenvalue weighted by Crippen LogP contribution is -2.28. The summed E-state index contributed by atoms with van der Waals surface area (Å²) in [6, 6.07) is 7.69. The van der Waals surface area contributed by atoms with E-state index < -0.39 is 0 Å². The van der Waals surface area contributed by atoms with Crippen LogP contribution in [0.25, 0.3) is 0 Å². The molecule has 0 atom stereocenters. The molecule has 1 aromatic carbocycles. The molecule has 0 bridgehead atoms. The highest BCUT2D eigenvalue weighted by atomic mass is 79.9. The molecule has 1 aromatic heterocycles. The van der Waals surface area contributed by atoms with Crippen molar-refractivity contribution in [2.75, 3.05) is 18.4 Å². The number of benzene rings is 1. The minimum absolute atomic E-state index is 0.0111. The summed E-state index contributed by atoms with van der Waals surface area (Å²) in [7, 11) is 0. The predicted octanol–water partition coefficient (Wildman–Crippen LogP) is 3.84. The Morgan fingerprint density at radius 2 is 1.91 bits per heavy atom. The van der Waals surface area contributed by atoms with Gasteiger partial charge in [0.2, 0.25) is 5.95 Å². The van der Waals surface area contributed by atoms with Gasteiger partial charge >= 0.3 is 0 Å². The van der Waals surface area contributed by atoms with Crippen molar-refractivity contribution in [3.8, 4) is 0 Å². The summed E-state index contributed by atoms with van der Waals surface area (Å²) in [6.07, 6.45) is 2.14. The summed E-state index contributed by atoms with van der Waals surface area (Å²) in [5.74, 6) is 0.442. The van der Waals surface area contributed by atoms with E-state index in [9.17, 15) is 4.79 Å². The van der Waals surface area contributed by atoms with Gasteiger partial charge in [0, 0.05) is 28.9 Å². The van der Waals surface area contributed by atoms with Gasteiger partial charge in [0.15, 0.2) is 0 Å². The van der Waals surface area contributed by atoms with Gasteiger partial charge in [0.05, 0.1) is 0 Å². The molecular weight excluding hydrogens is 356 g/mol. The Bertz CT molecular complexity index is 741. The maximum atomic E-state index is 12.5. The lowest BCUT2D eigenvalue weighted by molar-refractivity contribution is 0.0787. The summed E-state index contributed by atoms with van der Waals surface area (Å²) in [6.45, 7) is 5.53. The van der Waals surface area contributed by atoms with Gasteiger partial charge in [-0.05, 0) is 56.5 Å². The number of carbonyl (C=O) groups is 1. The molecule has 1 amide bonds. The monoisotopic (exact) mass is 374 g/mol. The number of likely N-dealkylation sites (tertiary alicyclic amines) is 1. The second kappa shape index (κ2) is 6.66. The average Bonchev–Trinajstić information content (AvgIpc) is 3.04. The normalized spacial score (nSPS) is 14.1. The summed E-state index contributed by atoms with van der Waals surface area (Å²) in [5, 5.41) is 3.18. The SMILES string of the molecule is Cc1cc(C(=O)N2CCCC2)nc(Nc2ccc(Br)c(C)c2)n1. The minimum Gasteiger partial charge on any atom is -0.337 e. The van der Waals surface area contributed by atoms with Gasteiger partial charge < -0.3 is 10.2 Å². The first kappa shape index (κ1) is 15.9. The van der Waals surface area contributed by atoms with E-state index in [1.807, 2.05) is 36.9 Å². The highest BCUT2D eigenvalue weighted by Gasteiger charge is 2.21. The maximum absolute atomic E-state index is 12.5. The molecule has 0 spiro atoms. The molecule has 0 aliphatic carbocycles. The summed E-state index contributed by atoms with van der Waals surface area (Å²) < 4.78 is 1.05. The van der Waals surface area contributed by atoms with Crippen LogP contribution in [-0.2, 0) is 0 Å². The molecule has 1 N–H and O–H groups in total. The Hall–Kier alpha value is -1.95. The smallest absolute Gasteiger partial charge is 0.272 e. The van der Waals surface area contributed by atoms with Crippen LogP contribution in [-0.4, -0.2) is 33.9 Å². The molecule has 2 heterocycles. The van der Waals surface area contributed by atoms with Crippen LogP contribution in [0.15, 0.2) is 28.7 Å². The number of carbonyl (C=O) groups excluding carboxylic acids is 1. The number of nitrogens with one attached hydrogen (secondary N) is 1. The van der Waals surface area contributed by atoms with Gasteiger partial charge in [-0.3, -0.25) is 4.79 Å². The fourth-order valence-electron chi connectivity index (χ4n) is 2.67. The van der Waals surface area contributed by atoms with Crippen molar-refractivity contribution >= 4 is 33.5 Å². The van der Waals surface area contributed by atoms with Crippen LogP contribution in [0.4, 0.5) is 11.6 Å². The Labute approximate surface area is 144 Å². The fourth-order valence-corrected chi connectivity index (χ4v) is 2.91. The quantitative estimate of drug-likeness (QED) is 0.886. The second-order valence-electron chi connectivity index (χ2n) is 5.81. The van der Waals surface area contributed by atoms with Crippen LogP contribution in [0.3, 0.4) is 0 Å². The molecule has 1 aliphatic heterocycles. The van der Waals surface area contributed by atoms with E-state index in [1.165, 1.54) is 0 Å². The zero-order valence-electron chi connectivity index (χ0n) is 13.3. The molecular formula is C17H19BrN4O. The number of aryl methyl sites for hydroxylation is 2. The fraction of sp³-hybridized carbons (Fsp3) is 0.353. The molecule has 23 heavy (non-hydrogen) atoms. The molecule has 0 unspecified atom stereocenters.